The molecule has 0 saturated heterocycles. The minimum absolute atomic E-state index is 0.109. The topological polar surface area (TPSA) is 79.0 Å². The summed E-state index contributed by atoms with van der Waals surface area (Å²) in [5, 5.41) is 2.79. The maximum Gasteiger partial charge on any atom is 0.255 e. The van der Waals surface area contributed by atoms with Crippen LogP contribution in [0.4, 0.5) is 11.4 Å². The number of hydrogen-bond acceptors (Lipinski definition) is 5. The number of amides is 1. The first-order chi connectivity index (χ1) is 14.7. The van der Waals surface area contributed by atoms with Gasteiger partial charge in [0.1, 0.15) is 5.75 Å². The van der Waals surface area contributed by atoms with Gasteiger partial charge in [-0.2, -0.15) is 4.31 Å². The summed E-state index contributed by atoms with van der Waals surface area (Å²) in [6.07, 6.45) is 0. The van der Waals surface area contributed by atoms with Crippen LogP contribution in [0.5, 0.6) is 5.75 Å². The standard InChI is InChI=1S/C23H33N3O4S/c1-7-25(8-2)31(28,29)20-14-15-22(30-6)21(16-20)24-23(27)18-10-12-19(13-11-18)26(9-3)17(4)5/h10-17H,7-9H2,1-6H3,(H,24,27). The molecule has 8 heteroatoms. The third-order valence-corrected chi connectivity index (χ3v) is 7.23. The second kappa shape index (κ2) is 10.6. The molecule has 2 rings (SSSR count). The Bertz CT molecular complexity index is 984. The van der Waals surface area contributed by atoms with E-state index in [1.165, 1.54) is 23.5 Å². The first-order valence-electron chi connectivity index (χ1n) is 10.6. The Labute approximate surface area is 186 Å². The molecule has 0 unspecified atom stereocenters. The van der Waals surface area contributed by atoms with Crippen LogP contribution in [0.15, 0.2) is 47.4 Å². The zero-order chi connectivity index (χ0) is 23.2. The Morgan fingerprint density at radius 3 is 2.10 bits per heavy atom. The van der Waals surface area contributed by atoms with Crippen LogP contribution in [-0.4, -0.2) is 51.4 Å². The second-order valence-corrected chi connectivity index (χ2v) is 9.27. The number of hydrogen-bond donors (Lipinski definition) is 1. The Morgan fingerprint density at radius 2 is 1.61 bits per heavy atom. The van der Waals surface area contributed by atoms with E-state index in [1.54, 1.807) is 32.0 Å². The molecule has 2 aromatic carbocycles. The fraction of sp³-hybridized carbons (Fsp3) is 0.435. The van der Waals surface area contributed by atoms with Crippen molar-refractivity contribution >= 4 is 27.3 Å². The molecule has 0 bridgehead atoms. The normalized spacial score (nSPS) is 11.6. The molecule has 0 fully saturated rings. The minimum atomic E-state index is -3.65. The Morgan fingerprint density at radius 1 is 1.00 bits per heavy atom. The second-order valence-electron chi connectivity index (χ2n) is 7.33. The summed E-state index contributed by atoms with van der Waals surface area (Å²) in [6, 6.07) is 12.2. The molecular weight excluding hydrogens is 414 g/mol. The predicted molar refractivity (Wildman–Crippen MR) is 126 cm³/mol. The molecule has 170 valence electrons. The number of nitrogens with zero attached hydrogens (tertiary/aromatic N) is 2. The van der Waals surface area contributed by atoms with E-state index in [1.807, 2.05) is 12.1 Å². The lowest BCUT2D eigenvalue weighted by molar-refractivity contribution is 0.102. The Hall–Kier alpha value is -2.58. The van der Waals surface area contributed by atoms with Gasteiger partial charge in [-0.15, -0.1) is 0 Å². The molecule has 0 aliphatic carbocycles. The summed E-state index contributed by atoms with van der Waals surface area (Å²) in [4.78, 5) is 15.2. The van der Waals surface area contributed by atoms with Gasteiger partial charge in [-0.25, -0.2) is 8.42 Å². The molecule has 0 atom stereocenters. The van der Waals surface area contributed by atoms with Gasteiger partial charge in [0, 0.05) is 36.9 Å². The van der Waals surface area contributed by atoms with E-state index < -0.39 is 10.0 Å². The van der Waals surface area contributed by atoms with Crippen LogP contribution >= 0.6 is 0 Å². The third kappa shape index (κ3) is 5.57. The average Bonchev–Trinajstić information content (AvgIpc) is 2.75. The van der Waals surface area contributed by atoms with E-state index in [2.05, 4.69) is 31.0 Å². The lowest BCUT2D eigenvalue weighted by Crippen LogP contribution is -2.30. The molecule has 1 N–H and O–H groups in total. The quantitative estimate of drug-likeness (QED) is 0.590. The van der Waals surface area contributed by atoms with Crippen LogP contribution < -0.4 is 15.0 Å². The highest BCUT2D eigenvalue weighted by Crippen LogP contribution is 2.29. The number of carbonyl (C=O) groups is 1. The van der Waals surface area contributed by atoms with Crippen LogP contribution in [0, 0.1) is 0 Å². The number of carbonyl (C=O) groups excluding carboxylic acids is 1. The molecule has 0 spiro atoms. The highest BCUT2D eigenvalue weighted by Gasteiger charge is 2.23. The fourth-order valence-corrected chi connectivity index (χ4v) is 4.99. The van der Waals surface area contributed by atoms with Gasteiger partial charge in [0.25, 0.3) is 5.91 Å². The minimum Gasteiger partial charge on any atom is -0.495 e. The SMILES string of the molecule is CCN(c1ccc(C(=O)Nc2cc(S(=O)(=O)N(CC)CC)ccc2OC)cc1)C(C)C. The summed E-state index contributed by atoms with van der Waals surface area (Å²) in [5.74, 6) is 0.0512. The maximum atomic E-state index is 12.9. The van der Waals surface area contributed by atoms with Gasteiger partial charge in [-0.3, -0.25) is 4.79 Å². The van der Waals surface area contributed by atoms with Crippen LogP contribution in [0.1, 0.15) is 45.0 Å². The molecule has 0 aliphatic rings. The number of anilines is 2. The van der Waals surface area contributed by atoms with Crippen molar-refractivity contribution in [2.24, 2.45) is 0 Å². The van der Waals surface area contributed by atoms with Crippen LogP contribution in [0.2, 0.25) is 0 Å². The monoisotopic (exact) mass is 447 g/mol. The molecule has 1 amide bonds. The van der Waals surface area contributed by atoms with Gasteiger partial charge in [-0.1, -0.05) is 13.8 Å². The van der Waals surface area contributed by atoms with Gasteiger partial charge >= 0.3 is 0 Å². The highest BCUT2D eigenvalue weighted by molar-refractivity contribution is 7.89. The van der Waals surface area contributed by atoms with Crippen molar-refractivity contribution in [1.82, 2.24) is 4.31 Å². The zero-order valence-electron chi connectivity index (χ0n) is 19.2. The summed E-state index contributed by atoms with van der Waals surface area (Å²) in [6.45, 7) is 11.5. The summed E-state index contributed by atoms with van der Waals surface area (Å²) >= 11 is 0. The van der Waals surface area contributed by atoms with Gasteiger partial charge in [0.15, 0.2) is 0 Å². The molecular formula is C23H33N3O4S. The van der Waals surface area contributed by atoms with Gasteiger partial charge in [-0.05, 0) is 63.2 Å². The van der Waals surface area contributed by atoms with Crippen molar-refractivity contribution in [1.29, 1.82) is 0 Å². The Balaban J connectivity index is 2.32. The van der Waals surface area contributed by atoms with Crippen LogP contribution in [0.25, 0.3) is 0 Å². The number of rotatable bonds is 10. The molecule has 0 saturated carbocycles. The van der Waals surface area contributed by atoms with Crippen molar-refractivity contribution in [3.8, 4) is 5.75 Å². The molecule has 0 radical (unpaired) electrons. The smallest absolute Gasteiger partial charge is 0.255 e. The van der Waals surface area contributed by atoms with Crippen molar-refractivity contribution in [2.45, 2.75) is 45.6 Å². The first-order valence-corrected chi connectivity index (χ1v) is 12.0. The summed E-state index contributed by atoms with van der Waals surface area (Å²) in [7, 11) is -2.18. The lowest BCUT2D eigenvalue weighted by atomic mass is 10.1. The number of benzene rings is 2. The van der Waals surface area contributed by atoms with E-state index in [9.17, 15) is 13.2 Å². The number of nitrogens with one attached hydrogen (secondary N) is 1. The lowest BCUT2D eigenvalue weighted by Gasteiger charge is -2.27. The molecule has 7 nitrogen and oxygen atoms in total. The number of methoxy groups -OCH3 is 1. The van der Waals surface area contributed by atoms with Crippen molar-refractivity contribution < 1.29 is 17.9 Å². The number of ether oxygens (including phenoxy) is 1. The van der Waals surface area contributed by atoms with Crippen molar-refractivity contribution in [2.75, 3.05) is 37.0 Å². The van der Waals surface area contributed by atoms with Crippen molar-refractivity contribution in [3.05, 3.63) is 48.0 Å². The van der Waals surface area contributed by atoms with Gasteiger partial charge in [0.05, 0.1) is 17.7 Å². The van der Waals surface area contributed by atoms with E-state index >= 15 is 0 Å². The number of sulfonamides is 1. The van der Waals surface area contributed by atoms with E-state index in [4.69, 9.17) is 4.74 Å². The zero-order valence-corrected chi connectivity index (χ0v) is 20.0. The van der Waals surface area contributed by atoms with Crippen LogP contribution in [0.3, 0.4) is 0 Å². The van der Waals surface area contributed by atoms with Gasteiger partial charge in [0.2, 0.25) is 10.0 Å². The molecule has 2 aromatic rings. The molecule has 0 aliphatic heterocycles. The summed E-state index contributed by atoms with van der Waals surface area (Å²) in [5.41, 5.74) is 1.82. The molecule has 31 heavy (non-hydrogen) atoms. The largest absolute Gasteiger partial charge is 0.495 e. The Kier molecular flexibility index (Phi) is 8.47. The molecule has 0 aromatic heterocycles. The molecule has 0 heterocycles. The first kappa shape index (κ1) is 24.7. The third-order valence-electron chi connectivity index (χ3n) is 5.19. The van der Waals surface area contributed by atoms with Crippen molar-refractivity contribution in [3.63, 3.8) is 0 Å². The highest BCUT2D eigenvalue weighted by atomic mass is 32.2. The average molecular weight is 448 g/mol. The maximum absolute atomic E-state index is 12.9. The van der Waals surface area contributed by atoms with E-state index in [-0.39, 0.29) is 10.8 Å². The van der Waals surface area contributed by atoms with Crippen LogP contribution in [-0.2, 0) is 10.0 Å². The fourth-order valence-electron chi connectivity index (χ4n) is 3.50. The van der Waals surface area contributed by atoms with E-state index in [0.717, 1.165) is 12.2 Å². The summed E-state index contributed by atoms with van der Waals surface area (Å²) < 4.78 is 32.4. The van der Waals surface area contributed by atoms with E-state index in [0.29, 0.717) is 36.1 Å². The predicted octanol–water partition coefficient (Wildman–Crippen LogP) is 4.21. The van der Waals surface area contributed by atoms with Gasteiger partial charge < -0.3 is 15.0 Å².